The quantitative estimate of drug-likeness (QED) is 0.831. The number of benzene rings is 1. The molecule has 2 rings (SSSR count). The van der Waals surface area contributed by atoms with E-state index in [0.717, 1.165) is 19.6 Å². The van der Waals surface area contributed by atoms with E-state index in [2.05, 4.69) is 36.1 Å². The van der Waals surface area contributed by atoms with E-state index < -0.39 is 0 Å². The molecule has 1 aromatic carbocycles. The van der Waals surface area contributed by atoms with Gasteiger partial charge in [0, 0.05) is 19.6 Å². The number of rotatable bonds is 2. The average molecular weight is 323 g/mol. The van der Waals surface area contributed by atoms with E-state index in [9.17, 15) is 0 Å². The van der Waals surface area contributed by atoms with Crippen LogP contribution < -0.4 is 0 Å². The summed E-state index contributed by atoms with van der Waals surface area (Å²) < 4.78 is 22.2. The van der Waals surface area contributed by atoms with Gasteiger partial charge in [0.05, 0.1) is 52.9 Å². The van der Waals surface area contributed by atoms with Gasteiger partial charge in [0.25, 0.3) is 0 Å². The third-order valence-electron chi connectivity index (χ3n) is 3.71. The summed E-state index contributed by atoms with van der Waals surface area (Å²) in [6.07, 6.45) is 0. The van der Waals surface area contributed by atoms with Gasteiger partial charge in [-0.05, 0) is 12.5 Å². The molecule has 1 aliphatic rings. The van der Waals surface area contributed by atoms with Gasteiger partial charge in [-0.3, -0.25) is 4.90 Å². The highest BCUT2D eigenvalue weighted by atomic mass is 16.6. The zero-order valence-corrected chi connectivity index (χ0v) is 14.2. The zero-order valence-electron chi connectivity index (χ0n) is 14.2. The van der Waals surface area contributed by atoms with E-state index in [0.29, 0.717) is 52.9 Å². The second-order valence-corrected chi connectivity index (χ2v) is 5.71. The largest absolute Gasteiger partial charge is 0.378 e. The predicted octanol–water partition coefficient (Wildman–Crippen LogP) is 1.88. The lowest BCUT2D eigenvalue weighted by Crippen LogP contribution is -2.31. The van der Waals surface area contributed by atoms with E-state index in [1.54, 1.807) is 0 Å². The standard InChI is InChI=1S/C18H29NO4/c1-17-3-2-4-18(15-17)16-19-5-7-20-9-11-22-13-14-23-12-10-21-8-6-19/h2-4,15H,5-14,16H2,1H3. The molecule has 1 fully saturated rings. The van der Waals surface area contributed by atoms with Gasteiger partial charge in [-0.25, -0.2) is 0 Å². The Morgan fingerprint density at radius 3 is 1.83 bits per heavy atom. The number of ether oxygens (including phenoxy) is 4. The lowest BCUT2D eigenvalue weighted by molar-refractivity contribution is 0.00206. The van der Waals surface area contributed by atoms with Crippen LogP contribution in [0.3, 0.4) is 0 Å². The van der Waals surface area contributed by atoms with Gasteiger partial charge in [0.2, 0.25) is 0 Å². The SMILES string of the molecule is Cc1cccc(CN2CCOCCOCCOCCOCC2)c1. The molecule has 0 spiro atoms. The maximum Gasteiger partial charge on any atom is 0.0701 e. The molecule has 0 saturated carbocycles. The van der Waals surface area contributed by atoms with E-state index in [4.69, 9.17) is 18.9 Å². The molecule has 1 aromatic rings. The Morgan fingerprint density at radius 2 is 1.30 bits per heavy atom. The van der Waals surface area contributed by atoms with Crippen molar-refractivity contribution in [2.24, 2.45) is 0 Å². The average Bonchev–Trinajstić information content (AvgIpc) is 2.55. The van der Waals surface area contributed by atoms with E-state index in [1.165, 1.54) is 11.1 Å². The van der Waals surface area contributed by atoms with Crippen molar-refractivity contribution >= 4 is 0 Å². The maximum absolute atomic E-state index is 5.65. The van der Waals surface area contributed by atoms with E-state index in [-0.39, 0.29) is 0 Å². The lowest BCUT2D eigenvalue weighted by atomic mass is 10.1. The van der Waals surface area contributed by atoms with Crippen molar-refractivity contribution in [1.82, 2.24) is 4.90 Å². The first-order valence-electron chi connectivity index (χ1n) is 8.43. The van der Waals surface area contributed by atoms with Crippen molar-refractivity contribution in [3.63, 3.8) is 0 Å². The first-order valence-corrected chi connectivity index (χ1v) is 8.43. The molecule has 1 heterocycles. The molecule has 0 bridgehead atoms. The van der Waals surface area contributed by atoms with Crippen LogP contribution in [0.1, 0.15) is 11.1 Å². The predicted molar refractivity (Wildman–Crippen MR) is 89.7 cm³/mol. The van der Waals surface area contributed by atoms with Crippen LogP contribution in [-0.4, -0.2) is 70.8 Å². The highest BCUT2D eigenvalue weighted by Gasteiger charge is 2.07. The minimum absolute atomic E-state index is 0.614. The van der Waals surface area contributed by atoms with Gasteiger partial charge in [-0.1, -0.05) is 29.8 Å². The molecule has 0 atom stereocenters. The van der Waals surface area contributed by atoms with Crippen molar-refractivity contribution < 1.29 is 18.9 Å². The first-order chi connectivity index (χ1) is 11.3. The van der Waals surface area contributed by atoms with Crippen LogP contribution in [0.2, 0.25) is 0 Å². The molecular formula is C18H29NO4. The third-order valence-corrected chi connectivity index (χ3v) is 3.71. The number of hydrogen-bond donors (Lipinski definition) is 0. The fourth-order valence-electron chi connectivity index (χ4n) is 2.49. The highest BCUT2D eigenvalue weighted by molar-refractivity contribution is 5.22. The van der Waals surface area contributed by atoms with Crippen molar-refractivity contribution in [3.8, 4) is 0 Å². The number of nitrogens with zero attached hydrogens (tertiary/aromatic N) is 1. The van der Waals surface area contributed by atoms with Crippen LogP contribution in [0.5, 0.6) is 0 Å². The van der Waals surface area contributed by atoms with Gasteiger partial charge >= 0.3 is 0 Å². The Kier molecular flexibility index (Phi) is 9.21. The summed E-state index contributed by atoms with van der Waals surface area (Å²) in [7, 11) is 0. The van der Waals surface area contributed by atoms with Crippen LogP contribution in [0.25, 0.3) is 0 Å². The van der Waals surface area contributed by atoms with Crippen LogP contribution in [0, 0.1) is 6.92 Å². The summed E-state index contributed by atoms with van der Waals surface area (Å²) in [6, 6.07) is 8.65. The summed E-state index contributed by atoms with van der Waals surface area (Å²) in [5.74, 6) is 0. The van der Waals surface area contributed by atoms with Crippen LogP contribution in [-0.2, 0) is 25.5 Å². The molecule has 0 aliphatic carbocycles. The summed E-state index contributed by atoms with van der Waals surface area (Å²) >= 11 is 0. The lowest BCUT2D eigenvalue weighted by Gasteiger charge is -2.22. The monoisotopic (exact) mass is 323 g/mol. The molecule has 0 N–H and O–H groups in total. The number of hydrogen-bond acceptors (Lipinski definition) is 5. The second kappa shape index (κ2) is 11.5. The maximum atomic E-state index is 5.65. The molecular weight excluding hydrogens is 294 g/mol. The fraction of sp³-hybridized carbons (Fsp3) is 0.667. The molecule has 130 valence electrons. The molecule has 5 nitrogen and oxygen atoms in total. The topological polar surface area (TPSA) is 40.2 Å². The van der Waals surface area contributed by atoms with E-state index >= 15 is 0 Å². The minimum atomic E-state index is 0.614. The summed E-state index contributed by atoms with van der Waals surface area (Å²) in [5.41, 5.74) is 2.62. The normalized spacial score (nSPS) is 20.6. The van der Waals surface area contributed by atoms with Gasteiger partial charge in [0.15, 0.2) is 0 Å². The summed E-state index contributed by atoms with van der Waals surface area (Å²) in [4.78, 5) is 2.37. The van der Waals surface area contributed by atoms with Gasteiger partial charge in [-0.2, -0.15) is 0 Å². The molecule has 0 unspecified atom stereocenters. The Bertz CT molecular complexity index is 411. The van der Waals surface area contributed by atoms with Gasteiger partial charge < -0.3 is 18.9 Å². The van der Waals surface area contributed by atoms with Crippen LogP contribution >= 0.6 is 0 Å². The molecule has 0 radical (unpaired) electrons. The molecule has 5 heteroatoms. The van der Waals surface area contributed by atoms with Gasteiger partial charge in [-0.15, -0.1) is 0 Å². The first kappa shape index (κ1) is 18.4. The highest BCUT2D eigenvalue weighted by Crippen LogP contribution is 2.07. The Labute approximate surface area is 139 Å². The molecule has 0 amide bonds. The second-order valence-electron chi connectivity index (χ2n) is 5.71. The zero-order chi connectivity index (χ0) is 16.2. The summed E-state index contributed by atoms with van der Waals surface area (Å²) in [5, 5.41) is 0. The Morgan fingerprint density at radius 1 is 0.783 bits per heavy atom. The Hall–Kier alpha value is -0.980. The van der Waals surface area contributed by atoms with Crippen molar-refractivity contribution in [2.45, 2.75) is 13.5 Å². The molecule has 1 aliphatic heterocycles. The van der Waals surface area contributed by atoms with Crippen LogP contribution in [0.4, 0.5) is 0 Å². The van der Waals surface area contributed by atoms with Crippen LogP contribution in [0.15, 0.2) is 24.3 Å². The minimum Gasteiger partial charge on any atom is -0.378 e. The van der Waals surface area contributed by atoms with Crippen molar-refractivity contribution in [1.29, 1.82) is 0 Å². The Balaban J connectivity index is 1.81. The molecule has 23 heavy (non-hydrogen) atoms. The van der Waals surface area contributed by atoms with Crippen molar-refractivity contribution in [2.75, 3.05) is 65.9 Å². The fourth-order valence-corrected chi connectivity index (χ4v) is 2.49. The smallest absolute Gasteiger partial charge is 0.0701 e. The van der Waals surface area contributed by atoms with Gasteiger partial charge in [0.1, 0.15) is 0 Å². The molecule has 1 saturated heterocycles. The van der Waals surface area contributed by atoms with Crippen molar-refractivity contribution in [3.05, 3.63) is 35.4 Å². The summed E-state index contributed by atoms with van der Waals surface area (Å²) in [6.45, 7) is 10.0. The third kappa shape index (κ3) is 8.44. The van der Waals surface area contributed by atoms with E-state index in [1.807, 2.05) is 0 Å². The molecule has 0 aromatic heterocycles. The number of aryl methyl sites for hydroxylation is 1.